The van der Waals surface area contributed by atoms with Gasteiger partial charge < -0.3 is 5.32 Å². The molecule has 19 heavy (non-hydrogen) atoms. The molecule has 102 valence electrons. The molecule has 0 bridgehead atoms. The first-order valence-corrected chi connectivity index (χ1v) is 6.94. The van der Waals surface area contributed by atoms with Crippen LogP contribution in [0, 0.1) is 13.8 Å². The fourth-order valence-electron chi connectivity index (χ4n) is 2.46. The molecule has 1 aromatic carbocycles. The lowest BCUT2D eigenvalue weighted by molar-refractivity contribution is 0.529. The van der Waals surface area contributed by atoms with Crippen LogP contribution in [0.15, 0.2) is 30.3 Å². The van der Waals surface area contributed by atoms with E-state index < -0.39 is 0 Å². The summed E-state index contributed by atoms with van der Waals surface area (Å²) in [5, 5.41) is 8.06. The summed E-state index contributed by atoms with van der Waals surface area (Å²) >= 11 is 0. The van der Waals surface area contributed by atoms with Crippen molar-refractivity contribution in [1.82, 2.24) is 15.1 Å². The Kier molecular flexibility index (Phi) is 4.38. The van der Waals surface area contributed by atoms with E-state index in [0.717, 1.165) is 18.8 Å². The topological polar surface area (TPSA) is 29.9 Å². The molecule has 0 saturated carbocycles. The number of nitrogens with one attached hydrogen (secondary N) is 1. The third kappa shape index (κ3) is 3.24. The van der Waals surface area contributed by atoms with Crippen LogP contribution >= 0.6 is 0 Å². The molecule has 0 aliphatic rings. The number of rotatable bonds is 5. The maximum Gasteiger partial charge on any atom is 0.0597 e. The predicted octanol–water partition coefficient (Wildman–Crippen LogP) is 3.37. The Morgan fingerprint density at radius 1 is 1.26 bits per heavy atom. The summed E-state index contributed by atoms with van der Waals surface area (Å²) in [6, 6.07) is 11.0. The molecule has 3 heteroatoms. The van der Waals surface area contributed by atoms with E-state index in [4.69, 9.17) is 0 Å². The van der Waals surface area contributed by atoms with Gasteiger partial charge in [-0.05, 0) is 44.9 Å². The molecule has 1 heterocycles. The molecule has 0 saturated heterocycles. The van der Waals surface area contributed by atoms with E-state index in [1.165, 1.54) is 16.8 Å². The smallest absolute Gasteiger partial charge is 0.0597 e. The molecule has 0 radical (unpaired) electrons. The van der Waals surface area contributed by atoms with Gasteiger partial charge in [0.15, 0.2) is 0 Å². The molecule has 0 amide bonds. The molecular weight excluding hydrogens is 234 g/mol. The molecule has 2 rings (SSSR count). The van der Waals surface area contributed by atoms with E-state index in [1.807, 2.05) is 6.92 Å². The standard InChI is InChI=1S/C16H23N3/c1-5-19-15(10-13(3)18-19)11-17-14(4)16-9-7-6-8-12(16)2/h6-10,14,17H,5,11H2,1-4H3/t14-/m1/s1. The van der Waals surface area contributed by atoms with Crippen molar-refractivity contribution in [2.75, 3.05) is 0 Å². The van der Waals surface area contributed by atoms with Crippen molar-refractivity contribution in [3.63, 3.8) is 0 Å². The van der Waals surface area contributed by atoms with Crippen molar-refractivity contribution < 1.29 is 0 Å². The highest BCUT2D eigenvalue weighted by molar-refractivity contribution is 5.28. The molecule has 1 atom stereocenters. The monoisotopic (exact) mass is 257 g/mol. The minimum absolute atomic E-state index is 0.349. The third-order valence-electron chi connectivity index (χ3n) is 3.53. The van der Waals surface area contributed by atoms with Gasteiger partial charge in [-0.1, -0.05) is 24.3 Å². The summed E-state index contributed by atoms with van der Waals surface area (Å²) in [4.78, 5) is 0. The van der Waals surface area contributed by atoms with Crippen LogP contribution in [0.1, 0.15) is 42.4 Å². The second-order valence-corrected chi connectivity index (χ2v) is 5.05. The average Bonchev–Trinajstić information content (AvgIpc) is 2.77. The predicted molar refractivity (Wildman–Crippen MR) is 79.1 cm³/mol. The van der Waals surface area contributed by atoms with Gasteiger partial charge in [0.25, 0.3) is 0 Å². The normalized spacial score (nSPS) is 12.6. The molecule has 1 aromatic heterocycles. The van der Waals surface area contributed by atoms with E-state index in [2.05, 4.69) is 66.2 Å². The third-order valence-corrected chi connectivity index (χ3v) is 3.53. The molecule has 2 aromatic rings. The number of benzene rings is 1. The lowest BCUT2D eigenvalue weighted by Crippen LogP contribution is -2.20. The average molecular weight is 257 g/mol. The number of hydrogen-bond acceptors (Lipinski definition) is 2. The summed E-state index contributed by atoms with van der Waals surface area (Å²) in [6.45, 7) is 10.3. The van der Waals surface area contributed by atoms with Crippen LogP contribution in [-0.2, 0) is 13.1 Å². The fraction of sp³-hybridized carbons (Fsp3) is 0.438. The Balaban J connectivity index is 2.04. The Labute approximate surface area is 115 Å². The Hall–Kier alpha value is -1.61. The van der Waals surface area contributed by atoms with Gasteiger partial charge in [0, 0.05) is 19.1 Å². The van der Waals surface area contributed by atoms with E-state index >= 15 is 0 Å². The Bertz CT molecular complexity index is 543. The van der Waals surface area contributed by atoms with Gasteiger partial charge in [0.05, 0.1) is 11.4 Å². The summed E-state index contributed by atoms with van der Waals surface area (Å²) in [7, 11) is 0. The van der Waals surface area contributed by atoms with E-state index in [9.17, 15) is 0 Å². The SMILES string of the molecule is CCn1nc(C)cc1CN[C@H](C)c1ccccc1C. The summed E-state index contributed by atoms with van der Waals surface area (Å²) in [5.74, 6) is 0. The lowest BCUT2D eigenvalue weighted by atomic mass is 10.0. The van der Waals surface area contributed by atoms with E-state index in [1.54, 1.807) is 0 Å². The second kappa shape index (κ2) is 6.02. The maximum absolute atomic E-state index is 4.47. The molecular formula is C16H23N3. The van der Waals surface area contributed by atoms with E-state index in [-0.39, 0.29) is 0 Å². The van der Waals surface area contributed by atoms with Crippen LogP contribution in [0.2, 0.25) is 0 Å². The van der Waals surface area contributed by atoms with Crippen molar-refractivity contribution in [2.45, 2.75) is 46.8 Å². The van der Waals surface area contributed by atoms with Crippen molar-refractivity contribution in [3.8, 4) is 0 Å². The Morgan fingerprint density at radius 3 is 2.68 bits per heavy atom. The fourth-order valence-corrected chi connectivity index (χ4v) is 2.46. The molecule has 1 N–H and O–H groups in total. The molecule has 0 aliphatic heterocycles. The number of hydrogen-bond donors (Lipinski definition) is 1. The van der Waals surface area contributed by atoms with Gasteiger partial charge in [-0.2, -0.15) is 5.10 Å². The van der Waals surface area contributed by atoms with Crippen LogP contribution in [0.4, 0.5) is 0 Å². The van der Waals surface area contributed by atoms with Crippen LogP contribution in [0.5, 0.6) is 0 Å². The molecule has 0 spiro atoms. The first kappa shape index (κ1) is 13.8. The van der Waals surface area contributed by atoms with Crippen LogP contribution in [0.3, 0.4) is 0 Å². The summed E-state index contributed by atoms with van der Waals surface area (Å²) in [5.41, 5.74) is 5.03. The van der Waals surface area contributed by atoms with Gasteiger partial charge in [0.1, 0.15) is 0 Å². The van der Waals surface area contributed by atoms with Gasteiger partial charge in [-0.25, -0.2) is 0 Å². The number of aromatic nitrogens is 2. The quantitative estimate of drug-likeness (QED) is 0.890. The maximum atomic E-state index is 4.47. The minimum atomic E-state index is 0.349. The number of aryl methyl sites for hydroxylation is 3. The second-order valence-electron chi connectivity index (χ2n) is 5.05. The zero-order valence-electron chi connectivity index (χ0n) is 12.3. The number of nitrogens with zero attached hydrogens (tertiary/aromatic N) is 2. The first-order chi connectivity index (χ1) is 9.11. The molecule has 0 unspecified atom stereocenters. The van der Waals surface area contributed by atoms with Crippen molar-refractivity contribution in [2.24, 2.45) is 0 Å². The molecule has 3 nitrogen and oxygen atoms in total. The van der Waals surface area contributed by atoms with Crippen LogP contribution < -0.4 is 5.32 Å². The summed E-state index contributed by atoms with van der Waals surface area (Å²) < 4.78 is 2.06. The van der Waals surface area contributed by atoms with Gasteiger partial charge >= 0.3 is 0 Å². The lowest BCUT2D eigenvalue weighted by Gasteiger charge is -2.16. The largest absolute Gasteiger partial charge is 0.305 e. The molecule has 0 aliphatic carbocycles. The highest BCUT2D eigenvalue weighted by Gasteiger charge is 2.09. The van der Waals surface area contributed by atoms with Gasteiger partial charge in [-0.3, -0.25) is 4.68 Å². The van der Waals surface area contributed by atoms with Crippen molar-refractivity contribution in [3.05, 3.63) is 52.8 Å². The highest BCUT2D eigenvalue weighted by atomic mass is 15.3. The van der Waals surface area contributed by atoms with Crippen molar-refractivity contribution >= 4 is 0 Å². The minimum Gasteiger partial charge on any atom is -0.305 e. The first-order valence-electron chi connectivity index (χ1n) is 6.94. The van der Waals surface area contributed by atoms with Crippen LogP contribution in [-0.4, -0.2) is 9.78 Å². The Morgan fingerprint density at radius 2 is 2.00 bits per heavy atom. The van der Waals surface area contributed by atoms with E-state index in [0.29, 0.717) is 6.04 Å². The molecule has 0 fully saturated rings. The van der Waals surface area contributed by atoms with Gasteiger partial charge in [0.2, 0.25) is 0 Å². The summed E-state index contributed by atoms with van der Waals surface area (Å²) in [6.07, 6.45) is 0. The zero-order chi connectivity index (χ0) is 13.8. The van der Waals surface area contributed by atoms with Crippen LogP contribution in [0.25, 0.3) is 0 Å². The van der Waals surface area contributed by atoms with Gasteiger partial charge in [-0.15, -0.1) is 0 Å². The zero-order valence-corrected chi connectivity index (χ0v) is 12.3. The van der Waals surface area contributed by atoms with Crippen molar-refractivity contribution in [1.29, 1.82) is 0 Å². The highest BCUT2D eigenvalue weighted by Crippen LogP contribution is 2.17.